The van der Waals surface area contributed by atoms with Crippen molar-refractivity contribution in [1.29, 1.82) is 0 Å². The molecule has 5 nitrogen and oxygen atoms in total. The molecule has 1 aliphatic carbocycles. The minimum Gasteiger partial charge on any atom is -0.480 e. The van der Waals surface area contributed by atoms with Crippen molar-refractivity contribution < 1.29 is 19.8 Å². The first-order valence-corrected chi connectivity index (χ1v) is 7.01. The minimum absolute atomic E-state index is 0.0528. The third kappa shape index (κ3) is 1.91. The van der Waals surface area contributed by atoms with E-state index in [-0.39, 0.29) is 17.4 Å². The van der Waals surface area contributed by atoms with Crippen molar-refractivity contribution in [2.75, 3.05) is 5.32 Å². The highest BCUT2D eigenvalue weighted by Crippen LogP contribution is 2.46. The van der Waals surface area contributed by atoms with Gasteiger partial charge in [-0.3, -0.25) is 0 Å². The molecule has 1 aliphatic heterocycles. The van der Waals surface area contributed by atoms with Crippen molar-refractivity contribution in [2.45, 2.75) is 18.4 Å². The Morgan fingerprint density at radius 1 is 1.30 bits per heavy atom. The summed E-state index contributed by atoms with van der Waals surface area (Å²) in [4.78, 5) is 22.8. The van der Waals surface area contributed by atoms with Crippen LogP contribution in [0.5, 0.6) is 0 Å². The maximum atomic E-state index is 11.4. The molecule has 2 aliphatic rings. The number of carboxylic acids is 2. The van der Waals surface area contributed by atoms with E-state index < -0.39 is 18.0 Å². The summed E-state index contributed by atoms with van der Waals surface area (Å²) in [6.07, 6.45) is 4.62. The van der Waals surface area contributed by atoms with Crippen LogP contribution in [0.2, 0.25) is 0 Å². The number of halogens is 1. The lowest BCUT2D eigenvalue weighted by atomic mass is 9.78. The van der Waals surface area contributed by atoms with Crippen molar-refractivity contribution in [3.8, 4) is 0 Å². The molecular weight excluding hydrogens is 326 g/mol. The number of aromatic carboxylic acids is 1. The number of fused-ring (bicyclic) bond motifs is 3. The smallest absolute Gasteiger partial charge is 0.337 e. The summed E-state index contributed by atoms with van der Waals surface area (Å²) in [7, 11) is 0. The van der Waals surface area contributed by atoms with Gasteiger partial charge in [0.15, 0.2) is 0 Å². The average Bonchev–Trinajstić information content (AvgIpc) is 2.85. The van der Waals surface area contributed by atoms with E-state index in [0.29, 0.717) is 16.6 Å². The third-order valence-corrected chi connectivity index (χ3v) is 4.39. The zero-order valence-electron chi connectivity index (χ0n) is 10.3. The van der Waals surface area contributed by atoms with E-state index in [2.05, 4.69) is 21.2 Å². The van der Waals surface area contributed by atoms with Crippen LogP contribution in [0.1, 0.15) is 28.3 Å². The standard InChI is InChI=1S/C14H12BrNO4/c15-6-4-9-7-2-1-3-8(7)12(14(19)20)16-11(9)10(5-6)13(17)18/h1-2,4-5,7-8,12,16H,3H2,(H,17,18)(H,19,20). The number of anilines is 1. The van der Waals surface area contributed by atoms with E-state index in [1.165, 1.54) is 6.07 Å². The van der Waals surface area contributed by atoms with Gasteiger partial charge in [0.25, 0.3) is 0 Å². The van der Waals surface area contributed by atoms with Gasteiger partial charge in [0.05, 0.1) is 11.3 Å². The molecule has 20 heavy (non-hydrogen) atoms. The predicted molar refractivity (Wildman–Crippen MR) is 76.1 cm³/mol. The molecule has 1 heterocycles. The van der Waals surface area contributed by atoms with Gasteiger partial charge in [-0.05, 0) is 24.1 Å². The molecule has 0 aromatic heterocycles. The van der Waals surface area contributed by atoms with Gasteiger partial charge >= 0.3 is 11.9 Å². The maximum Gasteiger partial charge on any atom is 0.337 e. The molecule has 0 spiro atoms. The number of aliphatic carboxylic acids is 1. The van der Waals surface area contributed by atoms with Crippen LogP contribution in [-0.4, -0.2) is 28.2 Å². The van der Waals surface area contributed by atoms with Gasteiger partial charge in [0.2, 0.25) is 0 Å². The highest BCUT2D eigenvalue weighted by Gasteiger charge is 2.42. The second-order valence-corrected chi connectivity index (χ2v) is 5.95. The molecule has 1 aromatic rings. The molecule has 0 saturated carbocycles. The SMILES string of the molecule is O=C(O)c1cc(Br)cc2c1NC(C(=O)O)C1CC=CC21. The molecule has 3 rings (SSSR count). The predicted octanol–water partition coefficient (Wildman–Crippen LogP) is 2.69. The fourth-order valence-electron chi connectivity index (χ4n) is 3.08. The molecule has 0 fully saturated rings. The van der Waals surface area contributed by atoms with Crippen LogP contribution >= 0.6 is 15.9 Å². The summed E-state index contributed by atoms with van der Waals surface area (Å²) in [5, 5.41) is 21.6. The largest absolute Gasteiger partial charge is 0.480 e. The summed E-state index contributed by atoms with van der Waals surface area (Å²) < 4.78 is 0.684. The van der Waals surface area contributed by atoms with Crippen LogP contribution < -0.4 is 5.32 Å². The number of carboxylic acid groups (broad SMARTS) is 2. The molecular formula is C14H12BrNO4. The number of benzene rings is 1. The van der Waals surface area contributed by atoms with Gasteiger partial charge in [-0.1, -0.05) is 28.1 Å². The van der Waals surface area contributed by atoms with Gasteiger partial charge in [0, 0.05) is 16.3 Å². The highest BCUT2D eigenvalue weighted by molar-refractivity contribution is 9.10. The van der Waals surface area contributed by atoms with Crippen LogP contribution in [0.3, 0.4) is 0 Å². The van der Waals surface area contributed by atoms with E-state index in [0.717, 1.165) is 5.56 Å². The first-order chi connectivity index (χ1) is 9.49. The summed E-state index contributed by atoms with van der Waals surface area (Å²) >= 11 is 3.32. The molecule has 0 bridgehead atoms. The van der Waals surface area contributed by atoms with Crippen LogP contribution in [-0.2, 0) is 4.79 Å². The number of nitrogens with one attached hydrogen (secondary N) is 1. The molecule has 0 saturated heterocycles. The zero-order chi connectivity index (χ0) is 14.4. The van der Waals surface area contributed by atoms with Crippen LogP contribution in [0.15, 0.2) is 28.8 Å². The molecule has 0 amide bonds. The quantitative estimate of drug-likeness (QED) is 0.722. The summed E-state index contributed by atoms with van der Waals surface area (Å²) in [6.45, 7) is 0. The van der Waals surface area contributed by atoms with Crippen molar-refractivity contribution in [1.82, 2.24) is 0 Å². The number of hydrogen-bond donors (Lipinski definition) is 3. The molecule has 3 atom stereocenters. The number of allylic oxidation sites excluding steroid dienone is 2. The Balaban J connectivity index is 2.19. The molecule has 3 unspecified atom stereocenters. The van der Waals surface area contributed by atoms with Gasteiger partial charge < -0.3 is 15.5 Å². The van der Waals surface area contributed by atoms with E-state index in [9.17, 15) is 19.8 Å². The fraction of sp³-hybridized carbons (Fsp3) is 0.286. The van der Waals surface area contributed by atoms with E-state index in [4.69, 9.17) is 0 Å². The van der Waals surface area contributed by atoms with Crippen LogP contribution in [0.4, 0.5) is 5.69 Å². The first kappa shape index (κ1) is 13.2. The first-order valence-electron chi connectivity index (χ1n) is 6.21. The molecule has 1 aromatic carbocycles. The highest BCUT2D eigenvalue weighted by atomic mass is 79.9. The van der Waals surface area contributed by atoms with Gasteiger partial charge in [-0.25, -0.2) is 9.59 Å². The normalized spacial score (nSPS) is 26.6. The van der Waals surface area contributed by atoms with Gasteiger partial charge in [-0.15, -0.1) is 0 Å². The van der Waals surface area contributed by atoms with E-state index in [1.54, 1.807) is 0 Å². The molecule has 104 valence electrons. The molecule has 0 radical (unpaired) electrons. The van der Waals surface area contributed by atoms with Crippen LogP contribution in [0, 0.1) is 5.92 Å². The Hall–Kier alpha value is -1.82. The zero-order valence-corrected chi connectivity index (χ0v) is 11.9. The Morgan fingerprint density at radius 2 is 2.05 bits per heavy atom. The number of carbonyl (C=O) groups is 2. The number of rotatable bonds is 2. The number of hydrogen-bond acceptors (Lipinski definition) is 3. The Morgan fingerprint density at radius 3 is 2.70 bits per heavy atom. The fourth-order valence-corrected chi connectivity index (χ4v) is 3.55. The second-order valence-electron chi connectivity index (χ2n) is 5.04. The van der Waals surface area contributed by atoms with Crippen LogP contribution in [0.25, 0.3) is 0 Å². The molecule has 3 N–H and O–H groups in total. The minimum atomic E-state index is -1.07. The lowest BCUT2D eigenvalue weighted by Gasteiger charge is -2.35. The Bertz CT molecular complexity index is 640. The summed E-state index contributed by atoms with van der Waals surface area (Å²) in [5.74, 6) is -2.15. The maximum absolute atomic E-state index is 11.4. The summed E-state index contributed by atoms with van der Waals surface area (Å²) in [6, 6.07) is 2.59. The third-order valence-electron chi connectivity index (χ3n) is 3.93. The topological polar surface area (TPSA) is 86.6 Å². The Labute approximate surface area is 123 Å². The molecule has 6 heteroatoms. The van der Waals surface area contributed by atoms with Gasteiger partial charge in [-0.2, -0.15) is 0 Å². The summed E-state index contributed by atoms with van der Waals surface area (Å²) in [5.41, 5.74) is 1.35. The van der Waals surface area contributed by atoms with Gasteiger partial charge in [0.1, 0.15) is 6.04 Å². The van der Waals surface area contributed by atoms with Crippen molar-refractivity contribution >= 4 is 33.6 Å². The van der Waals surface area contributed by atoms with Crippen molar-refractivity contribution in [2.24, 2.45) is 5.92 Å². The lowest BCUT2D eigenvalue weighted by Crippen LogP contribution is -2.42. The van der Waals surface area contributed by atoms with E-state index >= 15 is 0 Å². The van der Waals surface area contributed by atoms with Crippen molar-refractivity contribution in [3.05, 3.63) is 39.9 Å². The second kappa shape index (κ2) is 4.63. The monoisotopic (exact) mass is 337 g/mol. The average molecular weight is 338 g/mol. The van der Waals surface area contributed by atoms with E-state index in [1.807, 2.05) is 18.2 Å². The van der Waals surface area contributed by atoms with Crippen molar-refractivity contribution in [3.63, 3.8) is 0 Å². The lowest BCUT2D eigenvalue weighted by molar-refractivity contribution is -0.139. The Kier molecular flexibility index (Phi) is 3.05.